The maximum absolute atomic E-state index is 12.3. The minimum Gasteiger partial charge on any atom is -0.365 e. The molecule has 5 nitrogen and oxygen atoms in total. The Hall–Kier alpha value is -2.48. The largest absolute Gasteiger partial charge is 0.365 e. The van der Waals surface area contributed by atoms with Gasteiger partial charge >= 0.3 is 0 Å². The van der Waals surface area contributed by atoms with E-state index in [0.29, 0.717) is 0 Å². The molecule has 2 unspecified atom stereocenters. The minimum atomic E-state index is -0.718. The van der Waals surface area contributed by atoms with Gasteiger partial charge in [-0.2, -0.15) is 5.26 Å². The first kappa shape index (κ1) is 19.8. The Labute approximate surface area is 154 Å². The fourth-order valence-corrected chi connectivity index (χ4v) is 4.81. The second-order valence-electron chi connectivity index (χ2n) is 7.51. The molecule has 1 saturated carbocycles. The molecule has 2 N–H and O–H groups in total. The van der Waals surface area contributed by atoms with Gasteiger partial charge in [0.2, 0.25) is 0 Å². The van der Waals surface area contributed by atoms with Crippen molar-refractivity contribution in [1.29, 1.82) is 5.26 Å². The number of primary amides is 1. The Bertz CT molecular complexity index is 812. The van der Waals surface area contributed by atoms with Gasteiger partial charge in [-0.1, -0.05) is 46.8 Å². The summed E-state index contributed by atoms with van der Waals surface area (Å²) < 4.78 is 0. The van der Waals surface area contributed by atoms with Gasteiger partial charge in [0.15, 0.2) is 11.6 Å². The van der Waals surface area contributed by atoms with Crippen LogP contribution in [-0.4, -0.2) is 17.5 Å². The molecule has 138 valence electrons. The van der Waals surface area contributed by atoms with E-state index in [4.69, 9.17) is 5.73 Å². The molecule has 0 radical (unpaired) electrons. The highest BCUT2D eigenvalue weighted by molar-refractivity contribution is 6.24. The van der Waals surface area contributed by atoms with Gasteiger partial charge in [0.1, 0.15) is 6.07 Å². The van der Waals surface area contributed by atoms with Crippen LogP contribution in [0, 0.1) is 34.0 Å². The van der Waals surface area contributed by atoms with Crippen LogP contribution in [0.2, 0.25) is 0 Å². The van der Waals surface area contributed by atoms with Crippen LogP contribution in [0.1, 0.15) is 47.5 Å². The Morgan fingerprint density at radius 2 is 1.88 bits per heavy atom. The lowest BCUT2D eigenvalue weighted by Crippen LogP contribution is -2.49. The lowest BCUT2D eigenvalue weighted by atomic mass is 9.49. The van der Waals surface area contributed by atoms with Crippen LogP contribution in [0.4, 0.5) is 0 Å². The van der Waals surface area contributed by atoms with Gasteiger partial charge in [-0.3, -0.25) is 14.4 Å². The summed E-state index contributed by atoms with van der Waals surface area (Å²) in [5.41, 5.74) is 5.35. The Morgan fingerprint density at radius 1 is 1.27 bits per heavy atom. The van der Waals surface area contributed by atoms with Crippen LogP contribution < -0.4 is 5.73 Å². The number of nitriles is 1. The number of hydrogen-bond acceptors (Lipinski definition) is 4. The predicted octanol–water partition coefficient (Wildman–Crippen LogP) is 3.02. The molecule has 0 spiro atoms. The van der Waals surface area contributed by atoms with E-state index < -0.39 is 22.5 Å². The van der Waals surface area contributed by atoms with Crippen molar-refractivity contribution in [3.8, 4) is 6.07 Å². The highest BCUT2D eigenvalue weighted by Crippen LogP contribution is 2.60. The molecule has 0 aromatic heterocycles. The average Bonchev–Trinajstić information content (AvgIpc) is 2.60. The third kappa shape index (κ3) is 2.74. The van der Waals surface area contributed by atoms with Gasteiger partial charge in [-0.25, -0.2) is 0 Å². The number of ketones is 2. The summed E-state index contributed by atoms with van der Waals surface area (Å²) in [4.78, 5) is 36.2. The van der Waals surface area contributed by atoms with E-state index in [1.165, 1.54) is 6.08 Å². The maximum Gasteiger partial charge on any atom is 0.252 e. The summed E-state index contributed by atoms with van der Waals surface area (Å²) in [7, 11) is 0. The van der Waals surface area contributed by atoms with Gasteiger partial charge in [-0.15, -0.1) is 0 Å². The molecule has 1 fully saturated rings. The van der Waals surface area contributed by atoms with Gasteiger partial charge < -0.3 is 5.73 Å². The first-order valence-corrected chi connectivity index (χ1v) is 9.11. The fourth-order valence-electron chi connectivity index (χ4n) is 4.81. The SMILES string of the molecule is CC.CC1C(=O)C(C#N)=C[C@]2(C)C3=CC(=O)C(C(N)=O)=C[C@]3(C)CCC12. The van der Waals surface area contributed by atoms with Crippen LogP contribution in [-0.2, 0) is 14.4 Å². The van der Waals surface area contributed by atoms with Crippen molar-refractivity contribution in [3.63, 3.8) is 0 Å². The molecule has 1 amide bonds. The number of carbonyl (C=O) groups excluding carboxylic acids is 3. The molecule has 0 aromatic carbocycles. The van der Waals surface area contributed by atoms with Crippen molar-refractivity contribution in [2.45, 2.75) is 47.5 Å². The number of rotatable bonds is 1. The number of hydrogen-bond donors (Lipinski definition) is 1. The lowest BCUT2D eigenvalue weighted by molar-refractivity contribution is -0.122. The van der Waals surface area contributed by atoms with Gasteiger partial charge in [-0.05, 0) is 30.4 Å². The van der Waals surface area contributed by atoms with E-state index in [9.17, 15) is 19.6 Å². The predicted molar refractivity (Wildman–Crippen MR) is 98.5 cm³/mol. The van der Waals surface area contributed by atoms with Crippen LogP contribution in [0.25, 0.3) is 0 Å². The molecular weight excluding hydrogens is 328 g/mol. The van der Waals surface area contributed by atoms with E-state index in [1.807, 2.05) is 40.7 Å². The van der Waals surface area contributed by atoms with E-state index in [0.717, 1.165) is 18.4 Å². The van der Waals surface area contributed by atoms with E-state index in [-0.39, 0.29) is 28.8 Å². The maximum atomic E-state index is 12.3. The minimum absolute atomic E-state index is 0.0210. The average molecular weight is 354 g/mol. The zero-order valence-corrected chi connectivity index (χ0v) is 16.1. The third-order valence-electron chi connectivity index (χ3n) is 6.06. The van der Waals surface area contributed by atoms with E-state index in [1.54, 1.807) is 12.2 Å². The summed E-state index contributed by atoms with van der Waals surface area (Å²) in [6.07, 6.45) is 6.41. The van der Waals surface area contributed by atoms with Gasteiger partial charge in [0.25, 0.3) is 5.91 Å². The van der Waals surface area contributed by atoms with Crippen LogP contribution in [0.5, 0.6) is 0 Å². The summed E-state index contributed by atoms with van der Waals surface area (Å²) in [6.45, 7) is 9.82. The monoisotopic (exact) mass is 354 g/mol. The summed E-state index contributed by atoms with van der Waals surface area (Å²) >= 11 is 0. The van der Waals surface area contributed by atoms with Crippen molar-refractivity contribution in [2.24, 2.45) is 28.4 Å². The van der Waals surface area contributed by atoms with E-state index >= 15 is 0 Å². The van der Waals surface area contributed by atoms with Crippen molar-refractivity contribution < 1.29 is 14.4 Å². The molecule has 3 aliphatic carbocycles. The number of amides is 1. The molecule has 0 heterocycles. The highest BCUT2D eigenvalue weighted by Gasteiger charge is 2.54. The van der Waals surface area contributed by atoms with Crippen LogP contribution >= 0.6 is 0 Å². The van der Waals surface area contributed by atoms with Crippen molar-refractivity contribution in [3.05, 3.63) is 34.9 Å². The third-order valence-corrected chi connectivity index (χ3v) is 6.06. The molecule has 5 heteroatoms. The van der Waals surface area contributed by atoms with Crippen molar-refractivity contribution >= 4 is 17.5 Å². The molecule has 0 aromatic rings. The fraction of sp³-hybridized carbons (Fsp3) is 0.524. The zero-order valence-electron chi connectivity index (χ0n) is 16.1. The zero-order chi connectivity index (χ0) is 19.9. The normalized spacial score (nSPS) is 35.5. The molecule has 3 aliphatic rings. The molecule has 0 bridgehead atoms. The Morgan fingerprint density at radius 3 is 2.42 bits per heavy atom. The van der Waals surface area contributed by atoms with Gasteiger partial charge in [0, 0.05) is 16.7 Å². The van der Waals surface area contributed by atoms with E-state index in [2.05, 4.69) is 0 Å². The number of fused-ring (bicyclic) bond motifs is 3. The Kier molecular flexibility index (Phi) is 5.10. The first-order chi connectivity index (χ1) is 12.1. The smallest absolute Gasteiger partial charge is 0.252 e. The highest BCUT2D eigenvalue weighted by atomic mass is 16.2. The quantitative estimate of drug-likeness (QED) is 0.731. The van der Waals surface area contributed by atoms with Crippen LogP contribution in [0.15, 0.2) is 34.9 Å². The standard InChI is InChI=1S/C19H20N2O3.C2H6/c1-10-13-4-5-18(2)8-12(17(21)24)14(22)6-15(18)19(13,3)7-11(9-20)16(10)23;1-2/h6-8,10,13H,4-5H2,1-3H3,(H2,21,24);1-2H3/t10?,13?,18-,19-;/m0./s1. The molecular formula is C21H26N2O3. The Balaban J connectivity index is 0.00000117. The number of nitrogens with two attached hydrogens (primary N) is 1. The lowest BCUT2D eigenvalue weighted by Gasteiger charge is -2.54. The number of Topliss-reactive ketones (excluding diaryl/α,β-unsaturated/α-hetero) is 1. The number of allylic oxidation sites excluding steroid dienone is 5. The van der Waals surface area contributed by atoms with Crippen molar-refractivity contribution in [2.75, 3.05) is 0 Å². The number of nitrogens with zero attached hydrogens (tertiary/aromatic N) is 1. The molecule has 4 atom stereocenters. The first-order valence-electron chi connectivity index (χ1n) is 9.11. The van der Waals surface area contributed by atoms with Crippen LogP contribution in [0.3, 0.4) is 0 Å². The molecule has 3 rings (SSSR count). The molecule has 26 heavy (non-hydrogen) atoms. The van der Waals surface area contributed by atoms with Crippen molar-refractivity contribution in [1.82, 2.24) is 0 Å². The second kappa shape index (κ2) is 6.68. The second-order valence-corrected chi connectivity index (χ2v) is 7.51. The molecule has 0 aliphatic heterocycles. The molecule has 0 saturated heterocycles. The summed E-state index contributed by atoms with van der Waals surface area (Å²) in [6, 6.07) is 2.00. The number of carbonyl (C=O) groups is 3. The summed E-state index contributed by atoms with van der Waals surface area (Å²) in [5, 5.41) is 9.31. The van der Waals surface area contributed by atoms with Gasteiger partial charge in [0.05, 0.1) is 11.1 Å². The summed E-state index contributed by atoms with van der Waals surface area (Å²) in [5.74, 6) is -1.47. The topological polar surface area (TPSA) is 101 Å².